The molecule has 0 aromatic rings. The molecule has 18 heavy (non-hydrogen) atoms. The molecule has 1 saturated heterocycles. The molecular weight excluding hydrogens is 218 g/mol. The van der Waals surface area contributed by atoms with Crippen molar-refractivity contribution >= 4 is 0 Å². The average molecular weight is 247 g/mol. The number of hydrogen-bond acceptors (Lipinski definition) is 1. The van der Waals surface area contributed by atoms with Crippen LogP contribution in [0.3, 0.4) is 0 Å². The molecule has 0 spiro atoms. The molecule has 102 valence electrons. The molecule has 0 amide bonds. The van der Waals surface area contributed by atoms with Crippen LogP contribution in [-0.4, -0.2) is 24.0 Å². The van der Waals surface area contributed by atoms with Crippen LogP contribution in [0.15, 0.2) is 37.0 Å². The van der Waals surface area contributed by atoms with Gasteiger partial charge in [-0.15, -0.1) is 0 Å². The molecule has 0 N–H and O–H groups in total. The molecule has 1 atom stereocenters. The standard InChI is InChI=1S/C17H29N/c1-5-16(4)11-10-12-17(15(2)3)18-13-8-6-7-9-14-18/h5,17H,1-2,4,6-14H2,3H3. The van der Waals surface area contributed by atoms with Crippen molar-refractivity contribution in [2.45, 2.75) is 57.9 Å². The summed E-state index contributed by atoms with van der Waals surface area (Å²) in [7, 11) is 0. The van der Waals surface area contributed by atoms with E-state index in [0.29, 0.717) is 6.04 Å². The van der Waals surface area contributed by atoms with Crippen LogP contribution in [-0.2, 0) is 0 Å². The molecule has 1 nitrogen and oxygen atoms in total. The Balaban J connectivity index is 2.45. The molecule has 1 fully saturated rings. The summed E-state index contributed by atoms with van der Waals surface area (Å²) < 4.78 is 0. The van der Waals surface area contributed by atoms with Crippen LogP contribution in [0.2, 0.25) is 0 Å². The molecule has 0 saturated carbocycles. The molecule has 1 rings (SSSR count). The third kappa shape index (κ3) is 5.22. The zero-order valence-corrected chi connectivity index (χ0v) is 12.1. The molecule has 1 heterocycles. The van der Waals surface area contributed by atoms with Crippen LogP contribution < -0.4 is 0 Å². The highest BCUT2D eigenvalue weighted by atomic mass is 15.2. The first kappa shape index (κ1) is 15.2. The summed E-state index contributed by atoms with van der Waals surface area (Å²) in [5, 5.41) is 0. The van der Waals surface area contributed by atoms with Crippen LogP contribution in [0.25, 0.3) is 0 Å². The second kappa shape index (κ2) is 8.31. The van der Waals surface area contributed by atoms with Crippen LogP contribution in [0, 0.1) is 0 Å². The minimum atomic E-state index is 0.570. The van der Waals surface area contributed by atoms with Gasteiger partial charge in [0.2, 0.25) is 0 Å². The fraction of sp³-hybridized carbons (Fsp3) is 0.647. The molecule has 0 radical (unpaired) electrons. The summed E-state index contributed by atoms with van der Waals surface area (Å²) in [6.45, 7) is 16.6. The first-order valence-corrected chi connectivity index (χ1v) is 7.35. The van der Waals surface area contributed by atoms with Gasteiger partial charge in [-0.25, -0.2) is 0 Å². The van der Waals surface area contributed by atoms with E-state index in [1.54, 1.807) is 0 Å². The first-order valence-electron chi connectivity index (χ1n) is 7.35. The molecule has 1 aliphatic heterocycles. The SMILES string of the molecule is C=CC(=C)CCCC(C(=C)C)N1CCCCCC1. The second-order valence-corrected chi connectivity index (χ2v) is 5.57. The van der Waals surface area contributed by atoms with Crippen LogP contribution >= 0.6 is 0 Å². The smallest absolute Gasteiger partial charge is 0.0302 e. The minimum Gasteiger partial charge on any atom is -0.297 e. The fourth-order valence-electron chi connectivity index (χ4n) is 2.77. The van der Waals surface area contributed by atoms with E-state index in [1.807, 2.05) is 6.08 Å². The Bertz CT molecular complexity index is 282. The number of rotatable bonds is 7. The minimum absolute atomic E-state index is 0.570. The van der Waals surface area contributed by atoms with E-state index in [0.717, 1.165) is 12.0 Å². The van der Waals surface area contributed by atoms with Crippen LogP contribution in [0.1, 0.15) is 51.9 Å². The van der Waals surface area contributed by atoms with Crippen molar-refractivity contribution < 1.29 is 0 Å². The lowest BCUT2D eigenvalue weighted by Gasteiger charge is -2.31. The van der Waals surface area contributed by atoms with Gasteiger partial charge in [0.25, 0.3) is 0 Å². The molecule has 1 heteroatoms. The number of nitrogens with zero attached hydrogens (tertiary/aromatic N) is 1. The maximum Gasteiger partial charge on any atom is 0.0302 e. The Labute approximate surface area is 113 Å². The van der Waals surface area contributed by atoms with Gasteiger partial charge in [-0.05, 0) is 52.1 Å². The monoisotopic (exact) mass is 247 g/mol. The number of allylic oxidation sites excluding steroid dienone is 2. The highest BCUT2D eigenvalue weighted by Gasteiger charge is 2.19. The van der Waals surface area contributed by atoms with Gasteiger partial charge >= 0.3 is 0 Å². The summed E-state index contributed by atoms with van der Waals surface area (Å²) in [4.78, 5) is 2.64. The molecule has 0 aliphatic carbocycles. The molecular formula is C17H29N. The van der Waals surface area contributed by atoms with Crippen molar-refractivity contribution in [1.82, 2.24) is 4.90 Å². The Morgan fingerprint density at radius 2 is 1.78 bits per heavy atom. The van der Waals surface area contributed by atoms with Crippen LogP contribution in [0.4, 0.5) is 0 Å². The first-order chi connectivity index (χ1) is 8.65. The number of likely N-dealkylation sites (tertiary alicyclic amines) is 1. The van der Waals surface area contributed by atoms with Gasteiger partial charge in [0, 0.05) is 6.04 Å². The lowest BCUT2D eigenvalue weighted by Crippen LogP contribution is -2.36. The van der Waals surface area contributed by atoms with Gasteiger partial charge in [0.1, 0.15) is 0 Å². The molecule has 0 aromatic heterocycles. The Morgan fingerprint density at radius 3 is 2.28 bits per heavy atom. The summed E-state index contributed by atoms with van der Waals surface area (Å²) in [6.07, 6.45) is 10.8. The normalized spacial score (nSPS) is 18.9. The van der Waals surface area contributed by atoms with E-state index in [2.05, 4.69) is 31.6 Å². The van der Waals surface area contributed by atoms with Crippen molar-refractivity contribution in [3.05, 3.63) is 37.0 Å². The number of hydrogen-bond donors (Lipinski definition) is 0. The summed E-state index contributed by atoms with van der Waals surface area (Å²) in [5.41, 5.74) is 2.48. The van der Waals surface area contributed by atoms with Crippen molar-refractivity contribution in [3.8, 4) is 0 Å². The van der Waals surface area contributed by atoms with E-state index >= 15 is 0 Å². The molecule has 0 aromatic carbocycles. The summed E-state index contributed by atoms with van der Waals surface area (Å²) in [5.74, 6) is 0. The van der Waals surface area contributed by atoms with Crippen molar-refractivity contribution in [2.24, 2.45) is 0 Å². The lowest BCUT2D eigenvalue weighted by atomic mass is 9.99. The Morgan fingerprint density at radius 1 is 1.17 bits per heavy atom. The second-order valence-electron chi connectivity index (χ2n) is 5.57. The van der Waals surface area contributed by atoms with E-state index in [9.17, 15) is 0 Å². The van der Waals surface area contributed by atoms with Gasteiger partial charge in [0.15, 0.2) is 0 Å². The zero-order chi connectivity index (χ0) is 13.4. The summed E-state index contributed by atoms with van der Waals surface area (Å²) >= 11 is 0. The van der Waals surface area contributed by atoms with Gasteiger partial charge in [0.05, 0.1) is 0 Å². The topological polar surface area (TPSA) is 3.24 Å². The van der Waals surface area contributed by atoms with E-state index < -0.39 is 0 Å². The molecule has 0 bridgehead atoms. The summed E-state index contributed by atoms with van der Waals surface area (Å²) in [6, 6.07) is 0.570. The van der Waals surface area contributed by atoms with Gasteiger partial charge in [-0.3, -0.25) is 4.90 Å². The van der Waals surface area contributed by atoms with Gasteiger partial charge in [-0.2, -0.15) is 0 Å². The Hall–Kier alpha value is -0.820. The van der Waals surface area contributed by atoms with Gasteiger partial charge in [-0.1, -0.05) is 49.8 Å². The average Bonchev–Trinajstić information content (AvgIpc) is 2.62. The highest BCUT2D eigenvalue weighted by molar-refractivity contribution is 5.11. The largest absolute Gasteiger partial charge is 0.297 e. The van der Waals surface area contributed by atoms with Crippen molar-refractivity contribution in [2.75, 3.05) is 13.1 Å². The zero-order valence-electron chi connectivity index (χ0n) is 12.1. The molecule has 1 unspecified atom stereocenters. The maximum atomic E-state index is 4.19. The predicted molar refractivity (Wildman–Crippen MR) is 81.8 cm³/mol. The lowest BCUT2D eigenvalue weighted by molar-refractivity contribution is 0.217. The highest BCUT2D eigenvalue weighted by Crippen LogP contribution is 2.21. The van der Waals surface area contributed by atoms with Crippen molar-refractivity contribution in [3.63, 3.8) is 0 Å². The predicted octanol–water partition coefficient (Wildman–Crippen LogP) is 4.72. The van der Waals surface area contributed by atoms with E-state index in [1.165, 1.54) is 57.2 Å². The molecule has 1 aliphatic rings. The quantitative estimate of drug-likeness (QED) is 0.465. The third-order valence-electron chi connectivity index (χ3n) is 3.91. The van der Waals surface area contributed by atoms with Gasteiger partial charge < -0.3 is 0 Å². The van der Waals surface area contributed by atoms with E-state index in [-0.39, 0.29) is 0 Å². The van der Waals surface area contributed by atoms with E-state index in [4.69, 9.17) is 0 Å². The fourth-order valence-corrected chi connectivity index (χ4v) is 2.77. The van der Waals surface area contributed by atoms with Crippen molar-refractivity contribution in [1.29, 1.82) is 0 Å². The maximum absolute atomic E-state index is 4.19. The van der Waals surface area contributed by atoms with Crippen LogP contribution in [0.5, 0.6) is 0 Å². The third-order valence-corrected chi connectivity index (χ3v) is 3.91. The Kier molecular flexibility index (Phi) is 7.04.